The van der Waals surface area contributed by atoms with E-state index in [9.17, 15) is 0 Å². The van der Waals surface area contributed by atoms with Crippen molar-refractivity contribution in [1.29, 1.82) is 0 Å². The summed E-state index contributed by atoms with van der Waals surface area (Å²) in [6.45, 7) is 13.5. The minimum atomic E-state index is 0.468. The molecule has 1 aromatic heterocycles. The van der Waals surface area contributed by atoms with Gasteiger partial charge in [0.25, 0.3) is 0 Å². The maximum atomic E-state index is 5.32. The zero-order chi connectivity index (χ0) is 12.7. The normalized spacial score (nSPS) is 11.4. The standard InChI is InChI=1S/C13H23N3O/c1-5-7-16(11(3)4)10-13-8-12(15-17-13)9-14-6-2/h5,8,11,14H,1,6-7,9-10H2,2-4H3. The van der Waals surface area contributed by atoms with E-state index < -0.39 is 0 Å². The smallest absolute Gasteiger partial charge is 0.151 e. The van der Waals surface area contributed by atoms with Crippen molar-refractivity contribution >= 4 is 0 Å². The van der Waals surface area contributed by atoms with Crippen LogP contribution in [0.15, 0.2) is 23.2 Å². The summed E-state index contributed by atoms with van der Waals surface area (Å²) in [5.74, 6) is 0.911. The van der Waals surface area contributed by atoms with Gasteiger partial charge in [-0.3, -0.25) is 4.90 Å². The first-order chi connectivity index (χ1) is 8.17. The van der Waals surface area contributed by atoms with E-state index in [0.29, 0.717) is 6.04 Å². The van der Waals surface area contributed by atoms with Crippen LogP contribution in [0.25, 0.3) is 0 Å². The summed E-state index contributed by atoms with van der Waals surface area (Å²) < 4.78 is 5.32. The Balaban J connectivity index is 2.54. The fourth-order valence-electron chi connectivity index (χ4n) is 1.59. The molecule has 1 heterocycles. The Hall–Kier alpha value is -1.13. The molecular weight excluding hydrogens is 214 g/mol. The lowest BCUT2D eigenvalue weighted by Crippen LogP contribution is -2.30. The van der Waals surface area contributed by atoms with E-state index in [-0.39, 0.29) is 0 Å². The Morgan fingerprint density at radius 1 is 1.59 bits per heavy atom. The number of nitrogens with one attached hydrogen (secondary N) is 1. The molecule has 0 atom stereocenters. The van der Waals surface area contributed by atoms with Crippen LogP contribution in [0.5, 0.6) is 0 Å². The SMILES string of the molecule is C=CCN(Cc1cc(CNCC)no1)C(C)C. The summed E-state index contributed by atoms with van der Waals surface area (Å²) in [6, 6.07) is 2.48. The van der Waals surface area contributed by atoms with Crippen molar-refractivity contribution in [2.45, 2.75) is 39.9 Å². The Labute approximate surface area is 104 Å². The van der Waals surface area contributed by atoms with Gasteiger partial charge in [0.2, 0.25) is 0 Å². The maximum absolute atomic E-state index is 5.32. The highest BCUT2D eigenvalue weighted by Gasteiger charge is 2.12. The minimum Gasteiger partial charge on any atom is -0.360 e. The molecule has 0 aliphatic heterocycles. The van der Waals surface area contributed by atoms with E-state index >= 15 is 0 Å². The van der Waals surface area contributed by atoms with E-state index in [1.807, 2.05) is 12.1 Å². The summed E-state index contributed by atoms with van der Waals surface area (Å²) in [5, 5.41) is 7.26. The lowest BCUT2D eigenvalue weighted by atomic mass is 10.2. The topological polar surface area (TPSA) is 41.3 Å². The first kappa shape index (κ1) is 13.9. The highest BCUT2D eigenvalue weighted by atomic mass is 16.5. The zero-order valence-corrected chi connectivity index (χ0v) is 11.1. The molecule has 0 aliphatic rings. The second kappa shape index (κ2) is 7.25. The second-order valence-electron chi connectivity index (χ2n) is 4.38. The van der Waals surface area contributed by atoms with Crippen molar-refractivity contribution in [3.8, 4) is 0 Å². The average molecular weight is 237 g/mol. The molecule has 0 spiro atoms. The van der Waals surface area contributed by atoms with Crippen LogP contribution in [0.4, 0.5) is 0 Å². The van der Waals surface area contributed by atoms with Crippen LogP contribution in [0.3, 0.4) is 0 Å². The van der Waals surface area contributed by atoms with Crippen LogP contribution < -0.4 is 5.32 Å². The van der Waals surface area contributed by atoms with Gasteiger partial charge in [-0.15, -0.1) is 6.58 Å². The highest BCUT2D eigenvalue weighted by molar-refractivity contribution is 5.05. The van der Waals surface area contributed by atoms with E-state index in [2.05, 4.69) is 42.7 Å². The predicted octanol–water partition coefficient (Wildman–Crippen LogP) is 2.18. The Morgan fingerprint density at radius 2 is 2.35 bits per heavy atom. The van der Waals surface area contributed by atoms with Crippen molar-refractivity contribution < 1.29 is 4.52 Å². The van der Waals surface area contributed by atoms with Gasteiger partial charge in [-0.25, -0.2) is 0 Å². The molecule has 4 heteroatoms. The van der Waals surface area contributed by atoms with Crippen LogP contribution >= 0.6 is 0 Å². The van der Waals surface area contributed by atoms with Gasteiger partial charge in [0, 0.05) is 25.2 Å². The van der Waals surface area contributed by atoms with E-state index in [0.717, 1.165) is 37.6 Å². The molecule has 0 unspecified atom stereocenters. The van der Waals surface area contributed by atoms with Crippen molar-refractivity contribution in [3.05, 3.63) is 30.2 Å². The first-order valence-electron chi connectivity index (χ1n) is 6.17. The summed E-state index contributed by atoms with van der Waals surface area (Å²) in [4.78, 5) is 2.28. The molecule has 0 bridgehead atoms. The second-order valence-corrected chi connectivity index (χ2v) is 4.38. The molecule has 0 aliphatic carbocycles. The van der Waals surface area contributed by atoms with Crippen LogP contribution in [0, 0.1) is 0 Å². The molecular formula is C13H23N3O. The van der Waals surface area contributed by atoms with Gasteiger partial charge >= 0.3 is 0 Å². The van der Waals surface area contributed by atoms with E-state index in [4.69, 9.17) is 4.52 Å². The van der Waals surface area contributed by atoms with Gasteiger partial charge in [-0.2, -0.15) is 0 Å². The van der Waals surface area contributed by atoms with E-state index in [1.165, 1.54) is 0 Å². The minimum absolute atomic E-state index is 0.468. The largest absolute Gasteiger partial charge is 0.360 e. The van der Waals surface area contributed by atoms with Crippen molar-refractivity contribution in [2.75, 3.05) is 13.1 Å². The molecule has 1 aromatic rings. The lowest BCUT2D eigenvalue weighted by molar-refractivity contribution is 0.208. The van der Waals surface area contributed by atoms with Gasteiger partial charge in [-0.05, 0) is 20.4 Å². The average Bonchev–Trinajstić information content (AvgIpc) is 2.73. The third-order valence-electron chi connectivity index (χ3n) is 2.62. The van der Waals surface area contributed by atoms with Gasteiger partial charge < -0.3 is 9.84 Å². The molecule has 0 fully saturated rings. The molecule has 0 aromatic carbocycles. The molecule has 0 saturated carbocycles. The monoisotopic (exact) mass is 237 g/mol. The van der Waals surface area contributed by atoms with Crippen LogP contribution in [-0.4, -0.2) is 29.2 Å². The van der Waals surface area contributed by atoms with Gasteiger partial charge in [0.15, 0.2) is 5.76 Å². The molecule has 1 rings (SSSR count). The van der Waals surface area contributed by atoms with Crippen molar-refractivity contribution in [1.82, 2.24) is 15.4 Å². The molecule has 4 nitrogen and oxygen atoms in total. The quantitative estimate of drug-likeness (QED) is 0.704. The lowest BCUT2D eigenvalue weighted by Gasteiger charge is -2.23. The van der Waals surface area contributed by atoms with Crippen LogP contribution in [0.1, 0.15) is 32.2 Å². The highest BCUT2D eigenvalue weighted by Crippen LogP contribution is 2.10. The number of aromatic nitrogens is 1. The van der Waals surface area contributed by atoms with Crippen LogP contribution in [0.2, 0.25) is 0 Å². The Morgan fingerprint density at radius 3 is 2.94 bits per heavy atom. The van der Waals surface area contributed by atoms with Gasteiger partial charge in [0.05, 0.1) is 12.2 Å². The van der Waals surface area contributed by atoms with Gasteiger partial charge in [-0.1, -0.05) is 18.2 Å². The summed E-state index contributed by atoms with van der Waals surface area (Å²) >= 11 is 0. The van der Waals surface area contributed by atoms with E-state index in [1.54, 1.807) is 0 Å². The summed E-state index contributed by atoms with van der Waals surface area (Å²) in [5.41, 5.74) is 0.962. The third kappa shape index (κ3) is 4.71. The number of hydrogen-bond donors (Lipinski definition) is 1. The zero-order valence-electron chi connectivity index (χ0n) is 11.1. The number of nitrogens with zero attached hydrogens (tertiary/aromatic N) is 2. The molecule has 1 N–H and O–H groups in total. The number of hydrogen-bond acceptors (Lipinski definition) is 4. The molecule has 0 radical (unpaired) electrons. The van der Waals surface area contributed by atoms with Gasteiger partial charge in [0.1, 0.15) is 0 Å². The van der Waals surface area contributed by atoms with Crippen LogP contribution in [-0.2, 0) is 13.1 Å². The maximum Gasteiger partial charge on any atom is 0.151 e. The number of rotatable bonds is 8. The Kier molecular flexibility index (Phi) is 5.94. The molecule has 0 saturated heterocycles. The molecule has 96 valence electrons. The first-order valence-corrected chi connectivity index (χ1v) is 6.17. The van der Waals surface area contributed by atoms with Crippen molar-refractivity contribution in [2.24, 2.45) is 0 Å². The van der Waals surface area contributed by atoms with Crippen molar-refractivity contribution in [3.63, 3.8) is 0 Å². The molecule has 0 amide bonds. The molecule has 17 heavy (non-hydrogen) atoms. The Bertz CT molecular complexity index is 333. The fourth-order valence-corrected chi connectivity index (χ4v) is 1.59. The summed E-state index contributed by atoms with van der Waals surface area (Å²) in [6.07, 6.45) is 1.91. The third-order valence-corrected chi connectivity index (χ3v) is 2.62. The fraction of sp³-hybridized carbons (Fsp3) is 0.615. The predicted molar refractivity (Wildman–Crippen MR) is 69.6 cm³/mol. The summed E-state index contributed by atoms with van der Waals surface area (Å²) in [7, 11) is 0.